The minimum Gasteiger partial charge on any atom is -0.348 e. The molecule has 4 rings (SSSR count). The zero-order valence-electron chi connectivity index (χ0n) is 15.4. The van der Waals surface area contributed by atoms with Crippen molar-refractivity contribution >= 4 is 11.8 Å². The van der Waals surface area contributed by atoms with Crippen LogP contribution in [0.15, 0.2) is 29.6 Å². The molecule has 1 aliphatic heterocycles. The summed E-state index contributed by atoms with van der Waals surface area (Å²) >= 11 is 0. The first kappa shape index (κ1) is 18.3. The third kappa shape index (κ3) is 3.78. The minimum absolute atomic E-state index is 0.0430. The van der Waals surface area contributed by atoms with Crippen molar-refractivity contribution in [1.29, 1.82) is 0 Å². The van der Waals surface area contributed by atoms with Crippen LogP contribution in [0.5, 0.6) is 0 Å². The van der Waals surface area contributed by atoms with Crippen molar-refractivity contribution in [2.24, 2.45) is 0 Å². The van der Waals surface area contributed by atoms with E-state index in [2.05, 4.69) is 25.3 Å². The Morgan fingerprint density at radius 2 is 1.75 bits per heavy atom. The number of rotatable bonds is 4. The highest BCUT2D eigenvalue weighted by Gasteiger charge is 2.34. The Morgan fingerprint density at radius 3 is 2.46 bits per heavy atom. The van der Waals surface area contributed by atoms with Crippen LogP contribution in [0.1, 0.15) is 64.7 Å². The van der Waals surface area contributed by atoms with Crippen molar-refractivity contribution in [3.8, 4) is 0 Å². The summed E-state index contributed by atoms with van der Waals surface area (Å²) in [6.45, 7) is 1.37. The van der Waals surface area contributed by atoms with Gasteiger partial charge in [-0.1, -0.05) is 0 Å². The number of hydrogen-bond acceptors (Lipinski definition) is 6. The number of hydrogen-bond donors (Lipinski definition) is 2. The van der Waals surface area contributed by atoms with Gasteiger partial charge in [0, 0.05) is 43.5 Å². The summed E-state index contributed by atoms with van der Waals surface area (Å²) in [6, 6.07) is 1.44. The highest BCUT2D eigenvalue weighted by Crippen LogP contribution is 2.35. The normalized spacial score (nSPS) is 21.6. The van der Waals surface area contributed by atoms with Crippen molar-refractivity contribution < 1.29 is 9.59 Å². The van der Waals surface area contributed by atoms with Crippen LogP contribution in [-0.4, -0.2) is 55.8 Å². The van der Waals surface area contributed by atoms with Crippen LogP contribution < -0.4 is 10.9 Å². The van der Waals surface area contributed by atoms with Crippen molar-refractivity contribution in [3.63, 3.8) is 0 Å². The van der Waals surface area contributed by atoms with E-state index >= 15 is 0 Å². The molecule has 28 heavy (non-hydrogen) atoms. The molecule has 2 aliphatic rings. The Balaban J connectivity index is 1.40. The number of piperidine rings is 1. The lowest BCUT2D eigenvalue weighted by Crippen LogP contribution is -2.45. The van der Waals surface area contributed by atoms with Gasteiger partial charge in [0.15, 0.2) is 11.4 Å². The molecule has 1 saturated heterocycles. The monoisotopic (exact) mass is 382 g/mol. The predicted octanol–water partition coefficient (Wildman–Crippen LogP) is 0.862. The lowest BCUT2D eigenvalue weighted by molar-refractivity contribution is 0.0709. The van der Waals surface area contributed by atoms with Crippen LogP contribution in [-0.2, 0) is 0 Å². The Morgan fingerprint density at radius 1 is 1.04 bits per heavy atom. The lowest BCUT2D eigenvalue weighted by atomic mass is 9.78. The number of aromatic nitrogens is 4. The average Bonchev–Trinajstić information content (AvgIpc) is 2.70. The fourth-order valence-electron chi connectivity index (χ4n) is 3.75. The van der Waals surface area contributed by atoms with E-state index in [9.17, 15) is 14.4 Å². The number of nitrogens with zero attached hydrogens (tertiary/aromatic N) is 4. The number of nitrogens with one attached hydrogen (secondary N) is 2. The largest absolute Gasteiger partial charge is 0.348 e. The molecular formula is C19H22N6O3. The summed E-state index contributed by atoms with van der Waals surface area (Å²) in [4.78, 5) is 53.5. The summed E-state index contributed by atoms with van der Waals surface area (Å²) in [5, 5.41) is 2.92. The lowest BCUT2D eigenvalue weighted by Gasteiger charge is -2.35. The predicted molar refractivity (Wildman–Crippen MR) is 99.9 cm³/mol. The van der Waals surface area contributed by atoms with Gasteiger partial charge in [0.1, 0.15) is 0 Å². The SMILES string of the molecule is O=C(NC1CC(c2cc(=O)[nH]cn2)C1)c1nccnc1C(=O)N1CCCCC1. The van der Waals surface area contributed by atoms with Gasteiger partial charge < -0.3 is 15.2 Å². The maximum Gasteiger partial charge on any atom is 0.274 e. The number of aromatic amines is 1. The molecule has 0 spiro atoms. The highest BCUT2D eigenvalue weighted by atomic mass is 16.2. The van der Waals surface area contributed by atoms with Gasteiger partial charge in [0.25, 0.3) is 17.4 Å². The minimum atomic E-state index is -0.393. The second kappa shape index (κ2) is 7.87. The molecule has 0 bridgehead atoms. The number of amides is 2. The molecule has 2 N–H and O–H groups in total. The molecule has 146 valence electrons. The van der Waals surface area contributed by atoms with Crippen LogP contribution in [0, 0.1) is 0 Å². The van der Waals surface area contributed by atoms with Crippen molar-refractivity contribution in [3.05, 3.63) is 52.2 Å². The van der Waals surface area contributed by atoms with E-state index in [1.807, 2.05) is 0 Å². The molecule has 3 heterocycles. The van der Waals surface area contributed by atoms with E-state index < -0.39 is 5.91 Å². The molecule has 0 radical (unpaired) electrons. The summed E-state index contributed by atoms with van der Waals surface area (Å²) in [6.07, 6.45) is 8.68. The summed E-state index contributed by atoms with van der Waals surface area (Å²) in [5.74, 6) is -0.489. The van der Waals surface area contributed by atoms with E-state index in [0.717, 1.165) is 25.0 Å². The second-order valence-electron chi connectivity index (χ2n) is 7.28. The molecule has 9 nitrogen and oxygen atoms in total. The molecule has 2 fully saturated rings. The molecule has 0 unspecified atom stereocenters. The van der Waals surface area contributed by atoms with Gasteiger partial charge in [-0.3, -0.25) is 14.4 Å². The molecule has 2 aromatic rings. The van der Waals surface area contributed by atoms with Crippen molar-refractivity contribution in [2.45, 2.75) is 44.1 Å². The Hall–Kier alpha value is -3.10. The van der Waals surface area contributed by atoms with Crippen LogP contribution >= 0.6 is 0 Å². The first-order valence-corrected chi connectivity index (χ1v) is 9.57. The maximum atomic E-state index is 12.8. The third-order valence-corrected chi connectivity index (χ3v) is 5.35. The zero-order chi connectivity index (χ0) is 19.5. The first-order valence-electron chi connectivity index (χ1n) is 9.57. The molecule has 0 aromatic carbocycles. The van der Waals surface area contributed by atoms with E-state index in [1.54, 1.807) is 4.90 Å². The molecule has 1 aliphatic carbocycles. The molecule has 0 atom stereocenters. The van der Waals surface area contributed by atoms with E-state index in [0.29, 0.717) is 25.9 Å². The van der Waals surface area contributed by atoms with Gasteiger partial charge in [0.05, 0.1) is 12.0 Å². The van der Waals surface area contributed by atoms with Crippen LogP contribution in [0.2, 0.25) is 0 Å². The Kier molecular flexibility index (Phi) is 5.14. The molecule has 2 aromatic heterocycles. The Labute approximate surface area is 161 Å². The number of carbonyl (C=O) groups is 2. The molecule has 9 heteroatoms. The van der Waals surface area contributed by atoms with Crippen molar-refractivity contribution in [2.75, 3.05) is 13.1 Å². The van der Waals surface area contributed by atoms with Crippen LogP contribution in [0.3, 0.4) is 0 Å². The maximum absolute atomic E-state index is 12.8. The number of H-pyrrole nitrogens is 1. The highest BCUT2D eigenvalue weighted by molar-refractivity contribution is 6.04. The van der Waals surface area contributed by atoms with Gasteiger partial charge in [-0.2, -0.15) is 0 Å². The average molecular weight is 382 g/mol. The standard InChI is InChI=1S/C19H22N6O3/c26-15-10-14(22-11-23-15)12-8-13(9-12)24-18(27)16-17(21-5-4-20-16)19(28)25-6-2-1-3-7-25/h4-5,10-13H,1-3,6-9H2,(H,24,27)(H,22,23,26). The van der Waals surface area contributed by atoms with Gasteiger partial charge in [0.2, 0.25) is 0 Å². The number of carbonyl (C=O) groups excluding carboxylic acids is 2. The molecule has 1 saturated carbocycles. The quantitative estimate of drug-likeness (QED) is 0.809. The van der Waals surface area contributed by atoms with E-state index in [1.165, 1.54) is 24.8 Å². The summed E-state index contributed by atoms with van der Waals surface area (Å²) < 4.78 is 0. The smallest absolute Gasteiger partial charge is 0.274 e. The molecule has 2 amide bonds. The number of likely N-dealkylation sites (tertiary alicyclic amines) is 1. The van der Waals surface area contributed by atoms with Crippen LogP contribution in [0.4, 0.5) is 0 Å². The first-order chi connectivity index (χ1) is 13.6. The van der Waals surface area contributed by atoms with Gasteiger partial charge in [-0.15, -0.1) is 0 Å². The third-order valence-electron chi connectivity index (χ3n) is 5.35. The van der Waals surface area contributed by atoms with Gasteiger partial charge >= 0.3 is 0 Å². The summed E-state index contributed by atoms with van der Waals surface area (Å²) in [5.41, 5.74) is 0.720. The van der Waals surface area contributed by atoms with E-state index in [-0.39, 0.29) is 34.8 Å². The summed E-state index contributed by atoms with van der Waals surface area (Å²) in [7, 11) is 0. The Bertz CT molecular complexity index is 931. The van der Waals surface area contributed by atoms with Gasteiger partial charge in [-0.05, 0) is 32.1 Å². The zero-order valence-corrected chi connectivity index (χ0v) is 15.4. The van der Waals surface area contributed by atoms with Crippen molar-refractivity contribution in [1.82, 2.24) is 30.2 Å². The topological polar surface area (TPSA) is 121 Å². The fraction of sp³-hybridized carbons (Fsp3) is 0.474. The van der Waals surface area contributed by atoms with E-state index in [4.69, 9.17) is 0 Å². The fourth-order valence-corrected chi connectivity index (χ4v) is 3.75. The second-order valence-corrected chi connectivity index (χ2v) is 7.28. The molecular weight excluding hydrogens is 360 g/mol. The van der Waals surface area contributed by atoms with Gasteiger partial charge in [-0.25, -0.2) is 15.0 Å². The van der Waals surface area contributed by atoms with Crippen LogP contribution in [0.25, 0.3) is 0 Å².